The van der Waals surface area contributed by atoms with Gasteiger partial charge in [-0.1, -0.05) is 64.3 Å². The maximum Gasteiger partial charge on any atom is -0.0282 e. The minimum Gasteiger partial charge on any atom is -0.0958 e. The maximum absolute atomic E-state index is 4.07. The quantitative estimate of drug-likeness (QED) is 0.372. The van der Waals surface area contributed by atoms with Crippen molar-refractivity contribution in [2.45, 2.75) is 59.3 Å². The Bertz CT molecular complexity index is 165. The smallest absolute Gasteiger partial charge is 0.0282 e. The van der Waals surface area contributed by atoms with Crippen LogP contribution in [0.3, 0.4) is 0 Å². The van der Waals surface area contributed by atoms with Crippen LogP contribution in [0.4, 0.5) is 0 Å². The summed E-state index contributed by atoms with van der Waals surface area (Å²) in [4.78, 5) is 0. The van der Waals surface area contributed by atoms with Gasteiger partial charge in [0.2, 0.25) is 0 Å². The zero-order valence-corrected chi connectivity index (χ0v) is 10.2. The predicted molar refractivity (Wildman–Crippen MR) is 66.5 cm³/mol. The van der Waals surface area contributed by atoms with E-state index >= 15 is 0 Å². The summed E-state index contributed by atoms with van der Waals surface area (Å²) in [6, 6.07) is 0. The van der Waals surface area contributed by atoms with Crippen molar-refractivity contribution in [1.82, 2.24) is 0 Å². The summed E-state index contributed by atoms with van der Waals surface area (Å²) in [6.45, 7) is 10.9. The lowest BCUT2D eigenvalue weighted by atomic mass is 9.99. The Morgan fingerprint density at radius 3 is 2.64 bits per heavy atom. The molecule has 0 saturated heterocycles. The molecule has 0 heteroatoms. The highest BCUT2D eigenvalue weighted by Gasteiger charge is 1.98. The predicted octanol–water partition coefficient (Wildman–Crippen LogP) is 5.12. The zero-order chi connectivity index (χ0) is 10.8. The average Bonchev–Trinajstić information content (AvgIpc) is 2.21. The second-order valence-electron chi connectivity index (χ2n) is 4.25. The molecule has 82 valence electrons. The molecule has 0 radical (unpaired) electrons. The van der Waals surface area contributed by atoms with Crippen molar-refractivity contribution in [3.05, 3.63) is 24.3 Å². The maximum atomic E-state index is 4.07. The van der Waals surface area contributed by atoms with Gasteiger partial charge in [0, 0.05) is 0 Å². The molecule has 0 spiro atoms. The standard InChI is InChI=1S/C14H26/c1-5-7-8-9-10-14(4)12-11-13(3)6-2/h9-10,13H,4-8,11-12H2,1-3H3. The Morgan fingerprint density at radius 1 is 1.36 bits per heavy atom. The molecule has 0 fully saturated rings. The third-order valence-corrected chi connectivity index (χ3v) is 2.73. The van der Waals surface area contributed by atoms with E-state index in [9.17, 15) is 0 Å². The van der Waals surface area contributed by atoms with Crippen LogP contribution in [0.15, 0.2) is 24.3 Å². The first kappa shape index (κ1) is 13.5. The molecule has 0 aromatic heterocycles. The molecular formula is C14H26. The van der Waals surface area contributed by atoms with Crippen molar-refractivity contribution in [3.63, 3.8) is 0 Å². The van der Waals surface area contributed by atoms with E-state index in [0.29, 0.717) is 0 Å². The van der Waals surface area contributed by atoms with Crippen LogP contribution in [0.1, 0.15) is 59.3 Å². The number of hydrogen-bond donors (Lipinski definition) is 0. The van der Waals surface area contributed by atoms with Gasteiger partial charge in [-0.05, 0) is 25.2 Å². The fraction of sp³-hybridized carbons (Fsp3) is 0.714. The highest BCUT2D eigenvalue weighted by molar-refractivity contribution is 5.13. The molecule has 1 atom stereocenters. The fourth-order valence-corrected chi connectivity index (χ4v) is 1.29. The van der Waals surface area contributed by atoms with Gasteiger partial charge in [0.1, 0.15) is 0 Å². The second kappa shape index (κ2) is 9.05. The number of rotatable bonds is 8. The summed E-state index contributed by atoms with van der Waals surface area (Å²) >= 11 is 0. The van der Waals surface area contributed by atoms with Crippen LogP contribution >= 0.6 is 0 Å². The van der Waals surface area contributed by atoms with E-state index in [1.165, 1.54) is 37.7 Å². The van der Waals surface area contributed by atoms with Gasteiger partial charge in [0.15, 0.2) is 0 Å². The topological polar surface area (TPSA) is 0 Å². The summed E-state index contributed by atoms with van der Waals surface area (Å²) < 4.78 is 0. The minimum atomic E-state index is 0.843. The summed E-state index contributed by atoms with van der Waals surface area (Å²) in [5, 5.41) is 0. The van der Waals surface area contributed by atoms with Gasteiger partial charge in [-0.15, -0.1) is 0 Å². The summed E-state index contributed by atoms with van der Waals surface area (Å²) in [5.74, 6) is 0.843. The number of unbranched alkanes of at least 4 members (excludes halogenated alkanes) is 2. The van der Waals surface area contributed by atoms with Crippen molar-refractivity contribution in [2.75, 3.05) is 0 Å². The number of hydrogen-bond acceptors (Lipinski definition) is 0. The van der Waals surface area contributed by atoms with E-state index in [1.807, 2.05) is 0 Å². The minimum absolute atomic E-state index is 0.843. The molecule has 0 aliphatic carbocycles. The van der Waals surface area contributed by atoms with Gasteiger partial charge in [-0.3, -0.25) is 0 Å². The van der Waals surface area contributed by atoms with E-state index in [2.05, 4.69) is 39.5 Å². The molecule has 0 N–H and O–H groups in total. The fourth-order valence-electron chi connectivity index (χ4n) is 1.29. The van der Waals surface area contributed by atoms with Crippen LogP contribution < -0.4 is 0 Å². The van der Waals surface area contributed by atoms with Crippen LogP contribution in [0.2, 0.25) is 0 Å². The van der Waals surface area contributed by atoms with Gasteiger partial charge in [0.05, 0.1) is 0 Å². The molecule has 0 nitrogen and oxygen atoms in total. The number of allylic oxidation sites excluding steroid dienone is 3. The lowest BCUT2D eigenvalue weighted by molar-refractivity contribution is 0.518. The lowest BCUT2D eigenvalue weighted by Crippen LogP contribution is -1.91. The third kappa shape index (κ3) is 8.10. The lowest BCUT2D eigenvalue weighted by Gasteiger charge is -2.07. The second-order valence-corrected chi connectivity index (χ2v) is 4.25. The van der Waals surface area contributed by atoms with E-state index in [1.54, 1.807) is 0 Å². The molecule has 0 amide bonds. The van der Waals surface area contributed by atoms with E-state index in [-0.39, 0.29) is 0 Å². The van der Waals surface area contributed by atoms with Crippen LogP contribution in [0.25, 0.3) is 0 Å². The average molecular weight is 194 g/mol. The molecule has 0 aromatic rings. The van der Waals surface area contributed by atoms with Crippen LogP contribution in [0, 0.1) is 5.92 Å². The summed E-state index contributed by atoms with van der Waals surface area (Å²) in [6.07, 6.45) is 12.0. The molecule has 1 unspecified atom stereocenters. The van der Waals surface area contributed by atoms with Gasteiger partial charge in [-0.2, -0.15) is 0 Å². The molecule has 14 heavy (non-hydrogen) atoms. The highest BCUT2D eigenvalue weighted by Crippen LogP contribution is 2.14. The molecule has 0 bridgehead atoms. The highest BCUT2D eigenvalue weighted by atomic mass is 14.0. The first-order valence-electron chi connectivity index (χ1n) is 6.05. The van der Waals surface area contributed by atoms with Crippen molar-refractivity contribution < 1.29 is 0 Å². The molecular weight excluding hydrogens is 168 g/mol. The van der Waals surface area contributed by atoms with Gasteiger partial charge >= 0.3 is 0 Å². The van der Waals surface area contributed by atoms with Gasteiger partial charge < -0.3 is 0 Å². The van der Waals surface area contributed by atoms with E-state index < -0.39 is 0 Å². The SMILES string of the molecule is C=C(C=CCCCC)CCC(C)CC. The van der Waals surface area contributed by atoms with Crippen LogP contribution in [0.5, 0.6) is 0 Å². The monoisotopic (exact) mass is 194 g/mol. The molecule has 0 heterocycles. The first-order chi connectivity index (χ1) is 6.70. The van der Waals surface area contributed by atoms with Crippen LogP contribution in [-0.4, -0.2) is 0 Å². The van der Waals surface area contributed by atoms with Crippen molar-refractivity contribution >= 4 is 0 Å². The zero-order valence-electron chi connectivity index (χ0n) is 10.2. The van der Waals surface area contributed by atoms with Crippen LogP contribution in [-0.2, 0) is 0 Å². The van der Waals surface area contributed by atoms with Crippen molar-refractivity contribution in [2.24, 2.45) is 5.92 Å². The van der Waals surface area contributed by atoms with Crippen molar-refractivity contribution in [3.8, 4) is 0 Å². The van der Waals surface area contributed by atoms with Gasteiger partial charge in [-0.25, -0.2) is 0 Å². The molecule has 0 saturated carbocycles. The van der Waals surface area contributed by atoms with Crippen molar-refractivity contribution in [1.29, 1.82) is 0 Å². The Hall–Kier alpha value is -0.520. The Labute approximate surface area is 90.1 Å². The summed E-state index contributed by atoms with van der Waals surface area (Å²) in [7, 11) is 0. The largest absolute Gasteiger partial charge is 0.0958 e. The molecule has 0 aromatic carbocycles. The Balaban J connectivity index is 3.49. The van der Waals surface area contributed by atoms with E-state index in [0.717, 1.165) is 12.3 Å². The summed E-state index contributed by atoms with van der Waals surface area (Å²) in [5.41, 5.74) is 1.29. The molecule has 0 aliphatic heterocycles. The molecule has 0 rings (SSSR count). The Kier molecular flexibility index (Phi) is 8.72. The van der Waals surface area contributed by atoms with E-state index in [4.69, 9.17) is 0 Å². The first-order valence-corrected chi connectivity index (χ1v) is 6.05. The third-order valence-electron chi connectivity index (χ3n) is 2.73. The Morgan fingerprint density at radius 2 is 2.07 bits per heavy atom. The normalized spacial score (nSPS) is 13.4. The van der Waals surface area contributed by atoms with Gasteiger partial charge in [0.25, 0.3) is 0 Å². The molecule has 0 aliphatic rings.